The van der Waals surface area contributed by atoms with E-state index in [1.54, 1.807) is 0 Å². The van der Waals surface area contributed by atoms with Gasteiger partial charge < -0.3 is 10.0 Å². The van der Waals surface area contributed by atoms with Crippen LogP contribution in [-0.4, -0.2) is 61.0 Å². The number of aliphatic hydroxyl groups is 1. The lowest BCUT2D eigenvalue weighted by Crippen LogP contribution is -2.56. The number of rotatable bonds is 8. The summed E-state index contributed by atoms with van der Waals surface area (Å²) < 4.78 is 110. The molecule has 2 aliphatic rings. The number of halogens is 6. The van der Waals surface area contributed by atoms with Gasteiger partial charge in [0.1, 0.15) is 17.5 Å². The van der Waals surface area contributed by atoms with Crippen molar-refractivity contribution in [2.24, 2.45) is 5.41 Å². The number of hydrogen-bond donors (Lipinski definition) is 2. The third kappa shape index (κ3) is 5.21. The fraction of sp³-hybridized carbons (Fsp3) is 0.458. The number of carbonyl (C=O) groups excluding carboxylic acids is 1. The van der Waals surface area contributed by atoms with Gasteiger partial charge in [-0.1, -0.05) is 18.2 Å². The number of likely N-dealkylation sites (tertiary alicyclic amines) is 1. The first kappa shape index (κ1) is 27.4. The van der Waals surface area contributed by atoms with Crippen LogP contribution in [0.1, 0.15) is 25.3 Å². The fourth-order valence-electron chi connectivity index (χ4n) is 4.93. The predicted molar refractivity (Wildman–Crippen MR) is 121 cm³/mol. The molecule has 1 saturated carbocycles. The van der Waals surface area contributed by atoms with Gasteiger partial charge in [-0.05, 0) is 49.4 Å². The first-order valence-electron chi connectivity index (χ1n) is 11.3. The zero-order chi connectivity index (χ0) is 27.3. The van der Waals surface area contributed by atoms with E-state index in [2.05, 4.69) is 4.72 Å². The van der Waals surface area contributed by atoms with Crippen LogP contribution in [0, 0.1) is 22.9 Å². The number of amides is 1. The van der Waals surface area contributed by atoms with Crippen LogP contribution >= 0.6 is 0 Å². The van der Waals surface area contributed by atoms with Crippen molar-refractivity contribution in [1.82, 2.24) is 9.62 Å². The molecule has 202 valence electrons. The second kappa shape index (κ2) is 9.59. The molecule has 2 aromatic rings. The minimum atomic E-state index is -4.47. The van der Waals surface area contributed by atoms with Gasteiger partial charge in [-0.3, -0.25) is 4.79 Å². The standard InChI is InChI=1S/C24H24F6N2O4S/c1-23(34,21(29)30)22(33)32-11-24(5-6-24)20(31-37(35,36)12-25)18(32)9-13-3-2-4-17(19(13)28)14-7-15(26)10-16(27)8-14/h2-4,7-8,10,18,20-21,31,34H,5-6,9,11-12H2,1H3/t18-,20+,23?/m0/s1. The number of carbonyl (C=O) groups is 1. The second-order valence-corrected chi connectivity index (χ2v) is 11.5. The van der Waals surface area contributed by atoms with E-state index < -0.39 is 75.3 Å². The highest BCUT2D eigenvalue weighted by atomic mass is 32.2. The van der Waals surface area contributed by atoms with Crippen LogP contribution in [-0.2, 0) is 21.2 Å². The zero-order valence-electron chi connectivity index (χ0n) is 19.5. The summed E-state index contributed by atoms with van der Waals surface area (Å²) in [5.74, 6) is -4.20. The topological polar surface area (TPSA) is 86.7 Å². The predicted octanol–water partition coefficient (Wildman–Crippen LogP) is 3.54. The molecule has 13 heteroatoms. The molecule has 1 saturated heterocycles. The smallest absolute Gasteiger partial charge is 0.275 e. The molecule has 3 atom stereocenters. The lowest BCUT2D eigenvalue weighted by Gasteiger charge is -2.33. The maximum absolute atomic E-state index is 15.6. The maximum Gasteiger partial charge on any atom is 0.275 e. The molecule has 1 aliphatic carbocycles. The molecular formula is C24H24F6N2O4S. The van der Waals surface area contributed by atoms with Crippen molar-refractivity contribution in [2.75, 3.05) is 12.6 Å². The summed E-state index contributed by atoms with van der Waals surface area (Å²) in [7, 11) is -4.47. The van der Waals surface area contributed by atoms with Gasteiger partial charge in [0.25, 0.3) is 12.3 Å². The molecule has 2 fully saturated rings. The van der Waals surface area contributed by atoms with Gasteiger partial charge in [-0.25, -0.2) is 39.5 Å². The molecule has 1 unspecified atom stereocenters. The molecule has 0 radical (unpaired) electrons. The van der Waals surface area contributed by atoms with Crippen molar-refractivity contribution < 1.29 is 44.7 Å². The molecule has 0 aromatic heterocycles. The summed E-state index contributed by atoms with van der Waals surface area (Å²) >= 11 is 0. The van der Waals surface area contributed by atoms with Gasteiger partial charge in [0.2, 0.25) is 21.6 Å². The molecule has 4 rings (SSSR count). The first-order chi connectivity index (χ1) is 17.2. The summed E-state index contributed by atoms with van der Waals surface area (Å²) in [5.41, 5.74) is -4.43. The quantitative estimate of drug-likeness (QED) is 0.493. The molecule has 1 amide bonds. The van der Waals surface area contributed by atoms with Gasteiger partial charge in [0.15, 0.2) is 0 Å². The van der Waals surface area contributed by atoms with Gasteiger partial charge in [0, 0.05) is 29.6 Å². The normalized spacial score (nSPS) is 22.5. The zero-order valence-corrected chi connectivity index (χ0v) is 20.3. The van der Waals surface area contributed by atoms with Crippen molar-refractivity contribution in [3.05, 3.63) is 59.4 Å². The first-order valence-corrected chi connectivity index (χ1v) is 13.0. The van der Waals surface area contributed by atoms with Gasteiger partial charge in [-0.15, -0.1) is 0 Å². The van der Waals surface area contributed by atoms with E-state index in [0.717, 1.165) is 17.0 Å². The molecule has 0 bridgehead atoms. The molecule has 2 N–H and O–H groups in total. The van der Waals surface area contributed by atoms with Crippen LogP contribution in [0.4, 0.5) is 26.3 Å². The summed E-state index contributed by atoms with van der Waals surface area (Å²) in [6.45, 7) is 0.407. The minimum absolute atomic E-state index is 0.108. The van der Waals surface area contributed by atoms with Crippen molar-refractivity contribution in [1.29, 1.82) is 0 Å². The van der Waals surface area contributed by atoms with E-state index in [0.29, 0.717) is 25.8 Å². The Hall–Kier alpha value is -2.64. The largest absolute Gasteiger partial charge is 0.375 e. The molecule has 1 aliphatic heterocycles. The van der Waals surface area contributed by atoms with E-state index >= 15 is 4.39 Å². The van der Waals surface area contributed by atoms with E-state index in [4.69, 9.17) is 0 Å². The van der Waals surface area contributed by atoms with E-state index in [1.165, 1.54) is 18.2 Å². The summed E-state index contributed by atoms with van der Waals surface area (Å²) in [4.78, 5) is 13.9. The summed E-state index contributed by atoms with van der Waals surface area (Å²) in [5, 5.41) is 10.2. The van der Waals surface area contributed by atoms with Crippen LogP contribution in [0.25, 0.3) is 11.1 Å². The lowest BCUT2D eigenvalue weighted by molar-refractivity contribution is -0.166. The average Bonchev–Trinajstić information content (AvgIpc) is 3.54. The Labute approximate surface area is 209 Å². The molecule has 1 spiro atoms. The van der Waals surface area contributed by atoms with Crippen LogP contribution in [0.3, 0.4) is 0 Å². The van der Waals surface area contributed by atoms with E-state index in [9.17, 15) is 40.3 Å². The fourth-order valence-corrected chi connectivity index (χ4v) is 5.79. The Morgan fingerprint density at radius 2 is 1.81 bits per heavy atom. The summed E-state index contributed by atoms with van der Waals surface area (Å²) in [6, 6.07) is 2.17. The van der Waals surface area contributed by atoms with Crippen LogP contribution in [0.5, 0.6) is 0 Å². The monoisotopic (exact) mass is 550 g/mol. The Morgan fingerprint density at radius 1 is 1.19 bits per heavy atom. The van der Waals surface area contributed by atoms with Crippen LogP contribution in [0.15, 0.2) is 36.4 Å². The molecule has 1 heterocycles. The Morgan fingerprint density at radius 3 is 2.35 bits per heavy atom. The highest BCUT2D eigenvalue weighted by molar-refractivity contribution is 7.89. The number of alkyl halides is 3. The van der Waals surface area contributed by atoms with Crippen LogP contribution < -0.4 is 4.72 Å². The Kier molecular flexibility index (Phi) is 7.10. The highest BCUT2D eigenvalue weighted by Gasteiger charge is 2.63. The highest BCUT2D eigenvalue weighted by Crippen LogP contribution is 2.56. The Bertz CT molecular complexity index is 1300. The molecule has 6 nitrogen and oxygen atoms in total. The van der Waals surface area contributed by atoms with Gasteiger partial charge in [-0.2, -0.15) is 0 Å². The van der Waals surface area contributed by atoms with E-state index in [1.807, 2.05) is 0 Å². The number of nitrogens with one attached hydrogen (secondary N) is 1. The SMILES string of the molecule is CC(O)(C(=O)N1CC2(CC2)[C@H](NS(=O)(=O)CF)[C@@H]1Cc1cccc(-c2cc(F)cc(F)c2)c1F)C(F)F. The number of benzene rings is 2. The lowest BCUT2D eigenvalue weighted by atomic mass is 9.91. The van der Waals surface area contributed by atoms with E-state index in [-0.39, 0.29) is 23.2 Å². The number of hydrogen-bond acceptors (Lipinski definition) is 4. The third-order valence-electron chi connectivity index (χ3n) is 7.07. The van der Waals surface area contributed by atoms with Gasteiger partial charge in [0.05, 0.1) is 6.04 Å². The third-order valence-corrected chi connectivity index (χ3v) is 7.97. The summed E-state index contributed by atoms with van der Waals surface area (Å²) in [6.07, 6.45) is -3.12. The molecule has 2 aromatic carbocycles. The van der Waals surface area contributed by atoms with Crippen molar-refractivity contribution in [2.45, 2.75) is 50.3 Å². The van der Waals surface area contributed by atoms with Crippen molar-refractivity contribution in [3.8, 4) is 11.1 Å². The second-order valence-electron chi connectivity index (χ2n) is 9.77. The maximum atomic E-state index is 15.6. The van der Waals surface area contributed by atoms with Gasteiger partial charge >= 0.3 is 0 Å². The minimum Gasteiger partial charge on any atom is -0.375 e. The van der Waals surface area contributed by atoms with Crippen molar-refractivity contribution in [3.63, 3.8) is 0 Å². The average molecular weight is 551 g/mol. The Balaban J connectivity index is 1.77. The molecular weight excluding hydrogens is 526 g/mol. The number of nitrogens with zero attached hydrogens (tertiary/aromatic N) is 1. The van der Waals surface area contributed by atoms with Crippen LogP contribution in [0.2, 0.25) is 0 Å². The number of sulfonamides is 1. The van der Waals surface area contributed by atoms with Crippen molar-refractivity contribution >= 4 is 15.9 Å². The molecule has 37 heavy (non-hydrogen) atoms.